The van der Waals surface area contributed by atoms with E-state index in [2.05, 4.69) is 13.8 Å². The average Bonchev–Trinajstić information content (AvgIpc) is 1.59. The molecule has 0 heterocycles. The first-order chi connectivity index (χ1) is 4.36. The lowest BCUT2D eigenvalue weighted by molar-refractivity contribution is -0.124. The molecule has 3 N–H and O–H groups in total. The molecule has 1 atom stereocenters. The molecule has 0 aliphatic heterocycles. The summed E-state index contributed by atoms with van der Waals surface area (Å²) in [5.74, 6) is 0. The molecule has 60 valence electrons. The van der Waals surface area contributed by atoms with E-state index in [1.807, 2.05) is 6.92 Å². The van der Waals surface area contributed by atoms with E-state index in [-0.39, 0.29) is 6.04 Å². The quantitative estimate of drug-likeness (QED) is 0.572. The van der Waals surface area contributed by atoms with Crippen LogP contribution < -0.4 is 5.73 Å². The van der Waals surface area contributed by atoms with Crippen molar-refractivity contribution < 1.29 is 5.11 Å². The molecule has 1 saturated carbocycles. The SMILES string of the molecule is CC(N)C1(O)CC(C)(C)C1. The second-order valence-corrected chi connectivity index (χ2v) is 4.41. The Morgan fingerprint density at radius 1 is 1.40 bits per heavy atom. The molecule has 0 aromatic carbocycles. The molecule has 1 aliphatic carbocycles. The Kier molecular flexibility index (Phi) is 1.57. The van der Waals surface area contributed by atoms with Crippen LogP contribution in [0, 0.1) is 5.41 Å². The van der Waals surface area contributed by atoms with Crippen LogP contribution in [0.5, 0.6) is 0 Å². The zero-order valence-corrected chi connectivity index (χ0v) is 7.02. The minimum absolute atomic E-state index is 0.0828. The standard InChI is InChI=1S/C8H17NO/c1-6(9)8(10)4-7(2,3)5-8/h6,10H,4-5,9H2,1-3H3. The van der Waals surface area contributed by atoms with E-state index in [0.717, 1.165) is 12.8 Å². The number of aliphatic hydroxyl groups is 1. The first-order valence-corrected chi connectivity index (χ1v) is 3.84. The molecular formula is C8H17NO. The Hall–Kier alpha value is -0.0800. The van der Waals surface area contributed by atoms with Crippen molar-refractivity contribution in [1.29, 1.82) is 0 Å². The molecule has 0 aromatic heterocycles. The molecule has 0 spiro atoms. The van der Waals surface area contributed by atoms with Crippen LogP contribution >= 0.6 is 0 Å². The van der Waals surface area contributed by atoms with E-state index in [0.29, 0.717) is 5.41 Å². The summed E-state index contributed by atoms with van der Waals surface area (Å²) in [4.78, 5) is 0. The lowest BCUT2D eigenvalue weighted by Gasteiger charge is -2.51. The van der Waals surface area contributed by atoms with Crippen molar-refractivity contribution in [3.63, 3.8) is 0 Å². The van der Waals surface area contributed by atoms with Crippen LogP contribution in [-0.2, 0) is 0 Å². The number of hydrogen-bond donors (Lipinski definition) is 2. The van der Waals surface area contributed by atoms with Crippen molar-refractivity contribution in [3.05, 3.63) is 0 Å². The van der Waals surface area contributed by atoms with E-state index < -0.39 is 5.60 Å². The fourth-order valence-electron chi connectivity index (χ4n) is 1.93. The van der Waals surface area contributed by atoms with Crippen LogP contribution in [0.4, 0.5) is 0 Å². The van der Waals surface area contributed by atoms with Crippen molar-refractivity contribution in [2.45, 2.75) is 45.3 Å². The van der Waals surface area contributed by atoms with E-state index in [9.17, 15) is 5.11 Å². The van der Waals surface area contributed by atoms with Crippen LogP contribution in [-0.4, -0.2) is 16.7 Å². The monoisotopic (exact) mass is 143 g/mol. The van der Waals surface area contributed by atoms with Gasteiger partial charge < -0.3 is 10.8 Å². The van der Waals surface area contributed by atoms with Gasteiger partial charge in [0.15, 0.2) is 0 Å². The molecular weight excluding hydrogens is 126 g/mol. The zero-order valence-electron chi connectivity index (χ0n) is 7.02. The molecule has 2 heteroatoms. The Morgan fingerprint density at radius 3 is 1.90 bits per heavy atom. The van der Waals surface area contributed by atoms with Gasteiger partial charge in [0.1, 0.15) is 0 Å². The normalized spacial score (nSPS) is 30.9. The van der Waals surface area contributed by atoms with E-state index in [1.165, 1.54) is 0 Å². The van der Waals surface area contributed by atoms with Gasteiger partial charge in [0, 0.05) is 6.04 Å². The van der Waals surface area contributed by atoms with Crippen molar-refractivity contribution in [3.8, 4) is 0 Å². The van der Waals surface area contributed by atoms with E-state index in [1.54, 1.807) is 0 Å². The highest BCUT2D eigenvalue weighted by Gasteiger charge is 2.49. The minimum Gasteiger partial charge on any atom is -0.388 e. The summed E-state index contributed by atoms with van der Waals surface area (Å²) in [5.41, 5.74) is 5.34. The van der Waals surface area contributed by atoms with Gasteiger partial charge in [-0.2, -0.15) is 0 Å². The van der Waals surface area contributed by atoms with Gasteiger partial charge in [-0.25, -0.2) is 0 Å². The lowest BCUT2D eigenvalue weighted by atomic mass is 9.59. The predicted molar refractivity (Wildman–Crippen MR) is 41.6 cm³/mol. The minimum atomic E-state index is -0.566. The lowest BCUT2D eigenvalue weighted by Crippen LogP contribution is -2.58. The first kappa shape index (κ1) is 8.02. The fourth-order valence-corrected chi connectivity index (χ4v) is 1.93. The molecule has 1 aliphatic rings. The maximum Gasteiger partial charge on any atom is 0.0805 e. The topological polar surface area (TPSA) is 46.2 Å². The maximum absolute atomic E-state index is 9.70. The summed E-state index contributed by atoms with van der Waals surface area (Å²) in [7, 11) is 0. The summed E-state index contributed by atoms with van der Waals surface area (Å²) in [6.07, 6.45) is 1.69. The maximum atomic E-state index is 9.70. The molecule has 0 saturated heterocycles. The second kappa shape index (κ2) is 1.95. The summed E-state index contributed by atoms with van der Waals surface area (Å²) < 4.78 is 0. The van der Waals surface area contributed by atoms with Crippen LogP contribution in [0.2, 0.25) is 0 Å². The molecule has 1 fully saturated rings. The second-order valence-electron chi connectivity index (χ2n) is 4.41. The molecule has 0 amide bonds. The van der Waals surface area contributed by atoms with Crippen molar-refractivity contribution >= 4 is 0 Å². The largest absolute Gasteiger partial charge is 0.388 e. The Balaban J connectivity index is 2.50. The summed E-state index contributed by atoms with van der Waals surface area (Å²) in [5, 5.41) is 9.70. The highest BCUT2D eigenvalue weighted by atomic mass is 16.3. The van der Waals surface area contributed by atoms with Crippen LogP contribution in [0.15, 0.2) is 0 Å². The van der Waals surface area contributed by atoms with E-state index >= 15 is 0 Å². The van der Waals surface area contributed by atoms with Gasteiger partial charge in [0.05, 0.1) is 5.60 Å². The third-order valence-electron chi connectivity index (χ3n) is 2.42. The smallest absolute Gasteiger partial charge is 0.0805 e. The van der Waals surface area contributed by atoms with Gasteiger partial charge in [0.2, 0.25) is 0 Å². The van der Waals surface area contributed by atoms with Gasteiger partial charge >= 0.3 is 0 Å². The van der Waals surface area contributed by atoms with Gasteiger partial charge in [-0.15, -0.1) is 0 Å². The fraction of sp³-hybridized carbons (Fsp3) is 1.00. The van der Waals surface area contributed by atoms with Crippen LogP contribution in [0.25, 0.3) is 0 Å². The Morgan fingerprint density at radius 2 is 1.80 bits per heavy atom. The highest BCUT2D eigenvalue weighted by molar-refractivity contribution is 5.03. The molecule has 0 bridgehead atoms. The zero-order chi connectivity index (χ0) is 7.99. The van der Waals surface area contributed by atoms with Gasteiger partial charge in [0.25, 0.3) is 0 Å². The van der Waals surface area contributed by atoms with Crippen molar-refractivity contribution in [2.75, 3.05) is 0 Å². The van der Waals surface area contributed by atoms with Crippen LogP contribution in [0.3, 0.4) is 0 Å². The average molecular weight is 143 g/mol. The molecule has 0 radical (unpaired) electrons. The molecule has 1 rings (SSSR count). The Bertz CT molecular complexity index is 132. The molecule has 1 unspecified atom stereocenters. The van der Waals surface area contributed by atoms with Gasteiger partial charge in [-0.3, -0.25) is 0 Å². The number of nitrogens with two attached hydrogens (primary N) is 1. The highest BCUT2D eigenvalue weighted by Crippen LogP contribution is 2.48. The summed E-state index contributed by atoms with van der Waals surface area (Å²) in [6, 6.07) is -0.0828. The first-order valence-electron chi connectivity index (χ1n) is 3.84. The van der Waals surface area contributed by atoms with Crippen molar-refractivity contribution in [1.82, 2.24) is 0 Å². The third-order valence-corrected chi connectivity index (χ3v) is 2.42. The summed E-state index contributed by atoms with van der Waals surface area (Å²) >= 11 is 0. The van der Waals surface area contributed by atoms with Crippen LogP contribution in [0.1, 0.15) is 33.6 Å². The number of rotatable bonds is 1. The molecule has 0 aromatic rings. The van der Waals surface area contributed by atoms with Gasteiger partial charge in [-0.1, -0.05) is 13.8 Å². The predicted octanol–water partition coefficient (Wildman–Crippen LogP) is 0.885. The molecule has 2 nitrogen and oxygen atoms in total. The molecule has 10 heavy (non-hydrogen) atoms. The van der Waals surface area contributed by atoms with E-state index in [4.69, 9.17) is 5.73 Å². The number of hydrogen-bond acceptors (Lipinski definition) is 2. The van der Waals surface area contributed by atoms with Gasteiger partial charge in [-0.05, 0) is 25.2 Å². The summed E-state index contributed by atoms with van der Waals surface area (Å²) in [6.45, 7) is 6.18. The third kappa shape index (κ3) is 1.18. The Labute approximate surface area is 62.4 Å². The van der Waals surface area contributed by atoms with Crippen molar-refractivity contribution in [2.24, 2.45) is 11.1 Å².